The van der Waals surface area contributed by atoms with Crippen molar-refractivity contribution in [3.05, 3.63) is 23.8 Å². The van der Waals surface area contributed by atoms with Gasteiger partial charge in [0.25, 0.3) is 0 Å². The fourth-order valence-electron chi connectivity index (χ4n) is 3.53. The SMILES string of the molecule is CCCN1CCC[C@H]2c3cc(OC)ccc3SC[C@@H]21. The van der Waals surface area contributed by atoms with Crippen molar-refractivity contribution in [3.8, 4) is 5.75 Å². The van der Waals surface area contributed by atoms with Crippen LogP contribution in [0.5, 0.6) is 5.75 Å². The van der Waals surface area contributed by atoms with Crippen molar-refractivity contribution >= 4 is 11.8 Å². The van der Waals surface area contributed by atoms with Gasteiger partial charge in [0.15, 0.2) is 0 Å². The molecule has 0 aromatic heterocycles. The Balaban J connectivity index is 1.90. The summed E-state index contributed by atoms with van der Waals surface area (Å²) in [5.74, 6) is 2.98. The minimum atomic E-state index is 0.714. The maximum absolute atomic E-state index is 5.41. The van der Waals surface area contributed by atoms with Crippen LogP contribution in [0.4, 0.5) is 0 Å². The van der Waals surface area contributed by atoms with E-state index in [0.717, 1.165) is 11.8 Å². The third-order valence-corrected chi connectivity index (χ3v) is 5.62. The Morgan fingerprint density at radius 2 is 2.32 bits per heavy atom. The highest BCUT2D eigenvalue weighted by Crippen LogP contribution is 2.45. The number of likely N-dealkylation sites (tertiary alicyclic amines) is 1. The van der Waals surface area contributed by atoms with Crippen LogP contribution in [0, 0.1) is 0 Å². The van der Waals surface area contributed by atoms with Gasteiger partial charge in [0.2, 0.25) is 0 Å². The van der Waals surface area contributed by atoms with E-state index in [1.165, 1.54) is 48.6 Å². The number of ether oxygens (including phenoxy) is 1. The highest BCUT2D eigenvalue weighted by molar-refractivity contribution is 7.99. The minimum absolute atomic E-state index is 0.714. The van der Waals surface area contributed by atoms with E-state index in [1.807, 2.05) is 11.8 Å². The van der Waals surface area contributed by atoms with Crippen molar-refractivity contribution in [2.75, 3.05) is 26.0 Å². The highest BCUT2D eigenvalue weighted by atomic mass is 32.2. The van der Waals surface area contributed by atoms with Crippen molar-refractivity contribution in [2.24, 2.45) is 0 Å². The van der Waals surface area contributed by atoms with Crippen LogP contribution in [0.25, 0.3) is 0 Å². The molecule has 0 bridgehead atoms. The molecule has 0 spiro atoms. The summed E-state index contributed by atoms with van der Waals surface area (Å²) >= 11 is 2.03. The van der Waals surface area contributed by atoms with Gasteiger partial charge in [-0.05, 0) is 56.1 Å². The fourth-order valence-corrected chi connectivity index (χ4v) is 4.86. The first-order valence-electron chi connectivity index (χ1n) is 7.38. The molecule has 2 aliphatic heterocycles. The first-order chi connectivity index (χ1) is 9.33. The molecule has 1 saturated heterocycles. The predicted molar refractivity (Wildman–Crippen MR) is 81.3 cm³/mol. The van der Waals surface area contributed by atoms with Crippen molar-refractivity contribution < 1.29 is 4.74 Å². The lowest BCUT2D eigenvalue weighted by Gasteiger charge is -2.44. The molecule has 1 aromatic carbocycles. The van der Waals surface area contributed by atoms with E-state index < -0.39 is 0 Å². The molecule has 2 heterocycles. The van der Waals surface area contributed by atoms with Crippen LogP contribution in [0.2, 0.25) is 0 Å². The van der Waals surface area contributed by atoms with Gasteiger partial charge in [-0.25, -0.2) is 0 Å². The molecule has 104 valence electrons. The fraction of sp³-hybridized carbons (Fsp3) is 0.625. The van der Waals surface area contributed by atoms with E-state index in [1.54, 1.807) is 7.11 Å². The lowest BCUT2D eigenvalue weighted by molar-refractivity contribution is 0.139. The monoisotopic (exact) mass is 277 g/mol. The molecule has 3 heteroatoms. The molecule has 2 nitrogen and oxygen atoms in total. The summed E-state index contributed by atoms with van der Waals surface area (Å²) in [6.45, 7) is 4.83. The second-order valence-corrected chi connectivity index (χ2v) is 6.63. The number of hydrogen-bond donors (Lipinski definition) is 0. The molecule has 1 fully saturated rings. The quantitative estimate of drug-likeness (QED) is 0.834. The van der Waals surface area contributed by atoms with Crippen LogP contribution in [0.15, 0.2) is 23.1 Å². The molecule has 2 atom stereocenters. The maximum Gasteiger partial charge on any atom is 0.119 e. The number of methoxy groups -OCH3 is 1. The first kappa shape index (κ1) is 13.3. The lowest BCUT2D eigenvalue weighted by Crippen LogP contribution is -2.47. The van der Waals surface area contributed by atoms with Gasteiger partial charge in [0.1, 0.15) is 5.75 Å². The molecule has 0 N–H and O–H groups in total. The molecular formula is C16H23NOS. The molecule has 0 amide bonds. The van der Waals surface area contributed by atoms with Crippen LogP contribution in [-0.4, -0.2) is 36.9 Å². The average Bonchev–Trinajstić information content (AvgIpc) is 2.47. The molecular weight excluding hydrogens is 254 g/mol. The zero-order valence-electron chi connectivity index (χ0n) is 11.9. The first-order valence-corrected chi connectivity index (χ1v) is 8.37. The van der Waals surface area contributed by atoms with Gasteiger partial charge < -0.3 is 4.74 Å². The highest BCUT2D eigenvalue weighted by Gasteiger charge is 2.36. The summed E-state index contributed by atoms with van der Waals surface area (Å²) in [5.41, 5.74) is 1.53. The summed E-state index contributed by atoms with van der Waals surface area (Å²) in [6, 6.07) is 7.35. The van der Waals surface area contributed by atoms with Crippen LogP contribution in [0.3, 0.4) is 0 Å². The molecule has 0 saturated carbocycles. The average molecular weight is 277 g/mol. The largest absolute Gasteiger partial charge is 0.497 e. The lowest BCUT2D eigenvalue weighted by atomic mass is 9.83. The van der Waals surface area contributed by atoms with Crippen molar-refractivity contribution in [1.82, 2.24) is 4.90 Å². The second-order valence-electron chi connectivity index (χ2n) is 5.57. The van der Waals surface area contributed by atoms with E-state index in [4.69, 9.17) is 4.74 Å². The standard InChI is InChI=1S/C16H23NOS/c1-3-8-17-9-4-5-13-14-10-12(18-2)6-7-16(14)19-11-15(13)17/h6-7,10,13,15H,3-5,8-9,11H2,1-2H3/t13-,15-/m0/s1. The Labute approximate surface area is 120 Å². The van der Waals surface area contributed by atoms with Crippen molar-refractivity contribution in [2.45, 2.75) is 43.0 Å². The summed E-state index contributed by atoms with van der Waals surface area (Å²) in [7, 11) is 1.76. The Morgan fingerprint density at radius 1 is 1.42 bits per heavy atom. The van der Waals surface area contributed by atoms with Gasteiger partial charge in [-0.1, -0.05) is 6.92 Å². The van der Waals surface area contributed by atoms with E-state index >= 15 is 0 Å². The van der Waals surface area contributed by atoms with Crippen molar-refractivity contribution in [3.63, 3.8) is 0 Å². The van der Waals surface area contributed by atoms with Gasteiger partial charge in [0.05, 0.1) is 7.11 Å². The smallest absolute Gasteiger partial charge is 0.119 e. The van der Waals surface area contributed by atoms with Crippen LogP contribution >= 0.6 is 11.8 Å². The third-order valence-electron chi connectivity index (χ3n) is 4.43. The van der Waals surface area contributed by atoms with E-state index in [2.05, 4.69) is 30.0 Å². The number of benzene rings is 1. The second kappa shape index (κ2) is 5.76. The summed E-state index contributed by atoms with van der Waals surface area (Å²) in [4.78, 5) is 4.18. The molecule has 1 aromatic rings. The Kier molecular flexibility index (Phi) is 4.04. The number of piperidine rings is 1. The summed E-state index contributed by atoms with van der Waals surface area (Å²) < 4.78 is 5.41. The molecule has 0 radical (unpaired) electrons. The number of hydrogen-bond acceptors (Lipinski definition) is 3. The van der Waals surface area contributed by atoms with Crippen LogP contribution < -0.4 is 4.74 Å². The van der Waals surface area contributed by atoms with E-state index in [-0.39, 0.29) is 0 Å². The third kappa shape index (κ3) is 2.50. The number of fused-ring (bicyclic) bond motifs is 3. The molecule has 0 unspecified atom stereocenters. The summed E-state index contributed by atoms with van der Waals surface area (Å²) in [6.07, 6.45) is 3.94. The Bertz CT molecular complexity index is 446. The number of rotatable bonds is 3. The topological polar surface area (TPSA) is 12.5 Å². The van der Waals surface area contributed by atoms with Gasteiger partial charge >= 0.3 is 0 Å². The van der Waals surface area contributed by atoms with Gasteiger partial charge in [-0.15, -0.1) is 11.8 Å². The van der Waals surface area contributed by atoms with Crippen LogP contribution in [0.1, 0.15) is 37.7 Å². The van der Waals surface area contributed by atoms with Gasteiger partial charge in [-0.2, -0.15) is 0 Å². The van der Waals surface area contributed by atoms with Gasteiger partial charge in [0, 0.05) is 22.6 Å². The van der Waals surface area contributed by atoms with Gasteiger partial charge in [-0.3, -0.25) is 4.90 Å². The summed E-state index contributed by atoms with van der Waals surface area (Å²) in [5, 5.41) is 0. The Hall–Kier alpha value is -0.670. The number of thioether (sulfide) groups is 1. The maximum atomic E-state index is 5.41. The van der Waals surface area contributed by atoms with E-state index in [9.17, 15) is 0 Å². The van der Waals surface area contributed by atoms with Crippen LogP contribution in [-0.2, 0) is 0 Å². The Morgan fingerprint density at radius 3 is 3.11 bits per heavy atom. The molecule has 19 heavy (non-hydrogen) atoms. The minimum Gasteiger partial charge on any atom is -0.497 e. The zero-order valence-corrected chi connectivity index (χ0v) is 12.7. The molecule has 0 aliphatic carbocycles. The van der Waals surface area contributed by atoms with Crippen molar-refractivity contribution in [1.29, 1.82) is 0 Å². The zero-order chi connectivity index (χ0) is 13.2. The molecule has 2 aliphatic rings. The van der Waals surface area contributed by atoms with E-state index in [0.29, 0.717) is 5.92 Å². The normalized spacial score (nSPS) is 26.6. The molecule has 3 rings (SSSR count). The number of nitrogens with zero attached hydrogens (tertiary/aromatic N) is 1. The predicted octanol–water partition coefficient (Wildman–Crippen LogP) is 3.76.